The predicted octanol–water partition coefficient (Wildman–Crippen LogP) is 3.29. The maximum absolute atomic E-state index is 5.50. The first-order chi connectivity index (χ1) is 9.58. The van der Waals surface area contributed by atoms with E-state index in [4.69, 9.17) is 4.74 Å². The van der Waals surface area contributed by atoms with Gasteiger partial charge in [-0.2, -0.15) is 0 Å². The second kappa shape index (κ2) is 10.3. The fourth-order valence-corrected chi connectivity index (χ4v) is 2.16. The van der Waals surface area contributed by atoms with Crippen LogP contribution in [0, 0.1) is 0 Å². The summed E-state index contributed by atoms with van der Waals surface area (Å²) in [6.45, 7) is 9.09. The van der Waals surface area contributed by atoms with Crippen LogP contribution in [0.25, 0.3) is 0 Å². The molecule has 0 heterocycles. The number of hydrogen-bond acceptors (Lipinski definition) is 3. The Morgan fingerprint density at radius 3 is 2.55 bits per heavy atom. The molecule has 0 bridgehead atoms. The molecule has 0 unspecified atom stereocenters. The number of likely N-dealkylation sites (N-methyl/N-ethyl adjacent to an activating group) is 1. The summed E-state index contributed by atoms with van der Waals surface area (Å²) in [5, 5.41) is 3.46. The number of benzene rings is 1. The van der Waals surface area contributed by atoms with Crippen LogP contribution in [0.1, 0.15) is 25.8 Å². The monoisotopic (exact) mass is 342 g/mol. The SMILES string of the molecule is CC(C)OCCCNCCN(C)Cc1ccc(Br)cc1. The molecule has 0 aliphatic rings. The van der Waals surface area contributed by atoms with Crippen LogP contribution in [0.15, 0.2) is 28.7 Å². The zero-order valence-electron chi connectivity index (χ0n) is 12.9. The van der Waals surface area contributed by atoms with Crippen molar-refractivity contribution in [3.05, 3.63) is 34.3 Å². The molecule has 0 saturated carbocycles. The number of halogens is 1. The summed E-state index contributed by atoms with van der Waals surface area (Å²) in [5.41, 5.74) is 1.35. The number of ether oxygens (including phenoxy) is 1. The summed E-state index contributed by atoms with van der Waals surface area (Å²) in [4.78, 5) is 2.33. The minimum Gasteiger partial charge on any atom is -0.379 e. The summed E-state index contributed by atoms with van der Waals surface area (Å²) in [7, 11) is 2.16. The Labute approximate surface area is 131 Å². The quantitative estimate of drug-likeness (QED) is 0.660. The lowest BCUT2D eigenvalue weighted by Crippen LogP contribution is -2.29. The molecule has 0 spiro atoms. The summed E-state index contributed by atoms with van der Waals surface area (Å²) < 4.78 is 6.64. The van der Waals surface area contributed by atoms with Gasteiger partial charge in [0.15, 0.2) is 0 Å². The maximum Gasteiger partial charge on any atom is 0.0518 e. The normalized spacial score (nSPS) is 11.5. The molecule has 1 rings (SSSR count). The predicted molar refractivity (Wildman–Crippen MR) is 89.1 cm³/mol. The third kappa shape index (κ3) is 8.69. The lowest BCUT2D eigenvalue weighted by atomic mass is 10.2. The molecule has 1 aromatic rings. The van der Waals surface area contributed by atoms with Crippen molar-refractivity contribution in [3.8, 4) is 0 Å². The van der Waals surface area contributed by atoms with E-state index in [0.717, 1.165) is 43.7 Å². The van der Waals surface area contributed by atoms with Gasteiger partial charge in [0.05, 0.1) is 6.10 Å². The summed E-state index contributed by atoms with van der Waals surface area (Å²) >= 11 is 3.46. The van der Waals surface area contributed by atoms with Gasteiger partial charge in [0.2, 0.25) is 0 Å². The van der Waals surface area contributed by atoms with Crippen molar-refractivity contribution in [2.45, 2.75) is 32.9 Å². The van der Waals surface area contributed by atoms with Crippen molar-refractivity contribution in [1.82, 2.24) is 10.2 Å². The molecule has 0 radical (unpaired) electrons. The van der Waals surface area contributed by atoms with Crippen LogP contribution in [-0.2, 0) is 11.3 Å². The van der Waals surface area contributed by atoms with Crippen molar-refractivity contribution in [2.24, 2.45) is 0 Å². The Bertz CT molecular complexity index is 354. The van der Waals surface area contributed by atoms with Crippen LogP contribution in [0.5, 0.6) is 0 Å². The highest BCUT2D eigenvalue weighted by atomic mass is 79.9. The van der Waals surface area contributed by atoms with Crippen LogP contribution in [0.4, 0.5) is 0 Å². The molecule has 3 nitrogen and oxygen atoms in total. The van der Waals surface area contributed by atoms with E-state index in [0.29, 0.717) is 6.10 Å². The fourth-order valence-electron chi connectivity index (χ4n) is 1.89. The average molecular weight is 343 g/mol. The molecule has 0 saturated heterocycles. The average Bonchev–Trinajstić information content (AvgIpc) is 2.40. The molecule has 1 N–H and O–H groups in total. The number of nitrogens with zero attached hydrogens (tertiary/aromatic N) is 1. The first kappa shape index (κ1) is 17.6. The van der Waals surface area contributed by atoms with Gasteiger partial charge in [0, 0.05) is 30.7 Å². The molecule has 0 fully saturated rings. The highest BCUT2D eigenvalue weighted by Gasteiger charge is 2.00. The molecule has 114 valence electrons. The van der Waals surface area contributed by atoms with Crippen molar-refractivity contribution in [2.75, 3.05) is 33.3 Å². The van der Waals surface area contributed by atoms with E-state index in [1.165, 1.54) is 5.56 Å². The standard InChI is InChI=1S/C16H27BrN2O/c1-14(2)20-12-4-9-18-10-11-19(3)13-15-5-7-16(17)8-6-15/h5-8,14,18H,4,9-13H2,1-3H3. The van der Waals surface area contributed by atoms with Gasteiger partial charge in [-0.15, -0.1) is 0 Å². The molecular weight excluding hydrogens is 316 g/mol. The smallest absolute Gasteiger partial charge is 0.0518 e. The molecular formula is C16H27BrN2O. The van der Waals surface area contributed by atoms with Gasteiger partial charge in [-0.1, -0.05) is 28.1 Å². The Hall–Kier alpha value is -0.420. The second-order valence-electron chi connectivity index (χ2n) is 5.39. The molecule has 0 aliphatic heterocycles. The van der Waals surface area contributed by atoms with E-state index in [-0.39, 0.29) is 0 Å². The van der Waals surface area contributed by atoms with E-state index in [1.807, 2.05) is 0 Å². The van der Waals surface area contributed by atoms with Crippen LogP contribution in [-0.4, -0.2) is 44.3 Å². The summed E-state index contributed by atoms with van der Waals surface area (Å²) in [6.07, 6.45) is 1.42. The van der Waals surface area contributed by atoms with Gasteiger partial charge >= 0.3 is 0 Å². The van der Waals surface area contributed by atoms with Crippen molar-refractivity contribution in [1.29, 1.82) is 0 Å². The topological polar surface area (TPSA) is 24.5 Å². The molecule has 0 amide bonds. The van der Waals surface area contributed by atoms with Crippen molar-refractivity contribution < 1.29 is 4.74 Å². The van der Waals surface area contributed by atoms with E-state index in [9.17, 15) is 0 Å². The van der Waals surface area contributed by atoms with Gasteiger partial charge < -0.3 is 15.0 Å². The van der Waals surface area contributed by atoms with Gasteiger partial charge in [-0.05, 0) is 51.6 Å². The first-order valence-corrected chi connectivity index (χ1v) is 8.12. The molecule has 4 heteroatoms. The van der Waals surface area contributed by atoms with E-state index in [1.54, 1.807) is 0 Å². The number of hydrogen-bond donors (Lipinski definition) is 1. The highest BCUT2D eigenvalue weighted by Crippen LogP contribution is 2.11. The fraction of sp³-hybridized carbons (Fsp3) is 0.625. The maximum atomic E-state index is 5.50. The molecule has 1 aromatic carbocycles. The van der Waals surface area contributed by atoms with Crippen LogP contribution >= 0.6 is 15.9 Å². The van der Waals surface area contributed by atoms with Crippen LogP contribution in [0.2, 0.25) is 0 Å². The first-order valence-electron chi connectivity index (χ1n) is 7.33. The summed E-state index contributed by atoms with van der Waals surface area (Å²) in [6, 6.07) is 8.51. The van der Waals surface area contributed by atoms with Crippen LogP contribution in [0.3, 0.4) is 0 Å². The van der Waals surface area contributed by atoms with E-state index < -0.39 is 0 Å². The van der Waals surface area contributed by atoms with E-state index >= 15 is 0 Å². The Balaban J connectivity index is 2.03. The minimum absolute atomic E-state index is 0.340. The Kier molecular flexibility index (Phi) is 9.10. The van der Waals surface area contributed by atoms with Crippen LogP contribution < -0.4 is 5.32 Å². The second-order valence-corrected chi connectivity index (χ2v) is 6.30. The lowest BCUT2D eigenvalue weighted by molar-refractivity contribution is 0.0770. The zero-order chi connectivity index (χ0) is 14.8. The molecule has 0 aliphatic carbocycles. The number of nitrogens with one attached hydrogen (secondary N) is 1. The third-order valence-corrected chi connectivity index (χ3v) is 3.51. The lowest BCUT2D eigenvalue weighted by Gasteiger charge is -2.17. The summed E-state index contributed by atoms with van der Waals surface area (Å²) in [5.74, 6) is 0. The Morgan fingerprint density at radius 2 is 1.90 bits per heavy atom. The zero-order valence-corrected chi connectivity index (χ0v) is 14.4. The van der Waals surface area contributed by atoms with E-state index in [2.05, 4.69) is 71.3 Å². The van der Waals surface area contributed by atoms with Gasteiger partial charge in [0.25, 0.3) is 0 Å². The number of rotatable bonds is 10. The molecule has 0 atom stereocenters. The van der Waals surface area contributed by atoms with Crippen molar-refractivity contribution in [3.63, 3.8) is 0 Å². The van der Waals surface area contributed by atoms with Gasteiger partial charge in [-0.25, -0.2) is 0 Å². The molecule has 0 aromatic heterocycles. The molecule has 20 heavy (non-hydrogen) atoms. The highest BCUT2D eigenvalue weighted by molar-refractivity contribution is 9.10. The Morgan fingerprint density at radius 1 is 1.20 bits per heavy atom. The van der Waals surface area contributed by atoms with Gasteiger partial charge in [-0.3, -0.25) is 0 Å². The van der Waals surface area contributed by atoms with Gasteiger partial charge in [0.1, 0.15) is 0 Å². The van der Waals surface area contributed by atoms with Crippen molar-refractivity contribution >= 4 is 15.9 Å². The largest absolute Gasteiger partial charge is 0.379 e. The third-order valence-electron chi connectivity index (χ3n) is 2.99. The minimum atomic E-state index is 0.340.